The highest BCUT2D eigenvalue weighted by Gasteiger charge is 2.53. The number of amides is 1. The minimum atomic E-state index is -3.00. The fraction of sp³-hybridized carbons (Fsp3) is 0.764. The summed E-state index contributed by atoms with van der Waals surface area (Å²) in [6, 6.07) is -1.36. The number of ketones is 3. The van der Waals surface area contributed by atoms with Crippen molar-refractivity contribution in [2.45, 2.75) is 187 Å². The number of Topliss-reactive ketones (excluding diaryl/α,β-unsaturated/α-hetero) is 3. The molecule has 3 heterocycles. The highest BCUT2D eigenvalue weighted by molar-refractivity contribution is 6.39. The van der Waals surface area contributed by atoms with Crippen molar-refractivity contribution >= 4 is 29.2 Å². The van der Waals surface area contributed by atoms with Crippen molar-refractivity contribution in [1.29, 1.82) is 0 Å². The number of ether oxygens (including phenoxy) is 6. The molecule has 15 nitrogen and oxygen atoms in total. The molecule has 1 amide bonds. The zero-order valence-corrected chi connectivity index (χ0v) is 43.1. The molecule has 0 aromatic carbocycles. The molecule has 3 aliphatic heterocycles. The van der Waals surface area contributed by atoms with Crippen LogP contribution < -0.4 is 0 Å². The van der Waals surface area contributed by atoms with Gasteiger partial charge in [-0.2, -0.15) is 0 Å². The molecule has 1 unspecified atom stereocenters. The van der Waals surface area contributed by atoms with Crippen LogP contribution in [0.2, 0.25) is 0 Å². The second-order valence-electron chi connectivity index (χ2n) is 20.7. The Morgan fingerprint density at radius 2 is 1.67 bits per heavy atom. The summed E-state index contributed by atoms with van der Waals surface area (Å²) in [6.45, 7) is 9.82. The van der Waals surface area contributed by atoms with Crippen molar-refractivity contribution < 1.29 is 77.3 Å². The minimum absolute atomic E-state index is 0.0411. The Morgan fingerprint density at radius 1 is 0.929 bits per heavy atom. The standard InChI is InChI=1S/C55H87NO14/c1-33-18-14-13-16-24-54(8,9)39(7)38(6)49(60)50(67-12)48(59)36(4)28-34(2)43(58)32-46(35(3)29-40-21-23-44(68-27-26-57)47(30-40)66-11)69-53(63)42-19-15-17-25-56(42)52(62)51(61)55(64)37(5)20-22-41(70-55)31-45(33)65-10/h13-14,16,18,24,28,34-35,37-42,44-48,50,57,59,64H,15,17,19-23,25-27,29-32H2,1-12H3/b14-13?,24-16+,33-18?,36-28+/t34-,35-,37-,38-,39?,40+,41+,42+,44-,45+,46+,47-,48-,50-,55-/m1/s1/i2D3,10D3,39D. The Bertz CT molecular complexity index is 2160. The van der Waals surface area contributed by atoms with Crippen molar-refractivity contribution in [1.82, 2.24) is 4.90 Å². The van der Waals surface area contributed by atoms with Crippen molar-refractivity contribution in [3.63, 3.8) is 0 Å². The topological polar surface area (TPSA) is 205 Å². The van der Waals surface area contributed by atoms with E-state index < -0.39 is 127 Å². The van der Waals surface area contributed by atoms with E-state index in [-0.39, 0.29) is 69.1 Å². The molecule has 15 heteroatoms. The van der Waals surface area contributed by atoms with Gasteiger partial charge in [-0.15, -0.1) is 0 Å². The third-order valence-electron chi connectivity index (χ3n) is 15.4. The van der Waals surface area contributed by atoms with Crippen LogP contribution in [0, 0.1) is 40.9 Å². The van der Waals surface area contributed by atoms with Crippen molar-refractivity contribution in [3.05, 3.63) is 47.6 Å². The molecule has 396 valence electrons. The number of allylic oxidation sites excluding steroid dienone is 6. The third-order valence-corrected chi connectivity index (χ3v) is 15.4. The lowest BCUT2D eigenvalue weighted by atomic mass is 9.71. The van der Waals surface area contributed by atoms with Gasteiger partial charge in [0.2, 0.25) is 5.79 Å². The molecule has 2 saturated heterocycles. The summed E-state index contributed by atoms with van der Waals surface area (Å²) in [5.74, 6) is -13.7. The fourth-order valence-corrected chi connectivity index (χ4v) is 10.3. The third kappa shape index (κ3) is 15.1. The maximum Gasteiger partial charge on any atom is 0.329 e. The normalized spacial score (nSPS) is 40.8. The van der Waals surface area contributed by atoms with Gasteiger partial charge in [0.1, 0.15) is 30.1 Å². The zero-order chi connectivity index (χ0) is 58.0. The molecular formula is C55H87NO14. The summed E-state index contributed by atoms with van der Waals surface area (Å²) >= 11 is 0. The molecule has 0 radical (unpaired) electrons. The van der Waals surface area contributed by atoms with Crippen LogP contribution >= 0.6 is 0 Å². The average molecular weight is 993 g/mol. The highest BCUT2D eigenvalue weighted by atomic mass is 16.6. The van der Waals surface area contributed by atoms with Crippen LogP contribution in [0.25, 0.3) is 0 Å². The molecule has 2 bridgehead atoms. The Balaban J connectivity index is 1.84. The number of carbonyl (C=O) groups excluding carboxylic acids is 5. The molecule has 1 saturated carbocycles. The van der Waals surface area contributed by atoms with Crippen LogP contribution in [0.3, 0.4) is 0 Å². The number of hydrogen-bond donors (Lipinski definition) is 3. The van der Waals surface area contributed by atoms with Gasteiger partial charge in [0.25, 0.3) is 11.7 Å². The van der Waals surface area contributed by atoms with Gasteiger partial charge in [0.05, 0.1) is 41.7 Å². The Morgan fingerprint density at radius 3 is 2.34 bits per heavy atom. The van der Waals surface area contributed by atoms with Gasteiger partial charge in [-0.1, -0.05) is 84.9 Å². The predicted molar refractivity (Wildman–Crippen MR) is 265 cm³/mol. The average Bonchev–Trinajstić information content (AvgIpc) is 3.35. The van der Waals surface area contributed by atoms with Crippen LogP contribution in [0.4, 0.5) is 0 Å². The number of methoxy groups -OCH3 is 3. The molecule has 3 N–H and O–H groups in total. The lowest BCUT2D eigenvalue weighted by molar-refractivity contribution is -0.265. The molecule has 0 aromatic heterocycles. The molecule has 0 spiro atoms. The lowest BCUT2D eigenvalue weighted by Crippen LogP contribution is -2.61. The van der Waals surface area contributed by atoms with Gasteiger partial charge in [-0.3, -0.25) is 19.2 Å². The van der Waals surface area contributed by atoms with Crippen LogP contribution in [0.5, 0.6) is 0 Å². The van der Waals surface area contributed by atoms with Crippen molar-refractivity contribution in [2.24, 2.45) is 40.9 Å². The second-order valence-corrected chi connectivity index (χ2v) is 20.7. The van der Waals surface area contributed by atoms with E-state index in [1.54, 1.807) is 79.0 Å². The van der Waals surface area contributed by atoms with E-state index in [0.717, 1.165) is 11.0 Å². The molecule has 4 aliphatic rings. The SMILES string of the molecule is [2H]C([2H])([2H])O[C@H]1C[C@@H]2CC[C@@H](C)[C@@](O)(O2)C(=O)C(=O)N2CCCC[C@H]2C(=O)O[C@H]([C@H](C)C[C@@H]2CC[C@@H](OCCO)[C@H](OC)C2)CC(=O)[C@H](C([2H])([2H])[2H])/C=C(\C)[C@@H](O)[C@@H](OC)C(=O)[C@H](C)C([2H])(C)C(C)(C)/C=C/C=CC=C1C. The fourth-order valence-electron chi connectivity index (χ4n) is 10.3. The maximum absolute atomic E-state index is 14.6. The van der Waals surface area contributed by atoms with Gasteiger partial charge < -0.3 is 48.6 Å². The number of nitrogens with zero attached hydrogens (tertiary/aromatic N) is 1. The summed E-state index contributed by atoms with van der Waals surface area (Å²) in [5.41, 5.74) is -0.632. The highest BCUT2D eigenvalue weighted by Crippen LogP contribution is 2.39. The van der Waals surface area contributed by atoms with Gasteiger partial charge >= 0.3 is 5.97 Å². The van der Waals surface area contributed by atoms with Gasteiger partial charge in [-0.05, 0) is 106 Å². The number of aliphatic hydroxyl groups excluding tert-OH is 2. The molecule has 0 aromatic rings. The molecule has 70 heavy (non-hydrogen) atoms. The Hall–Kier alpha value is -3.41. The number of piperidine rings is 1. The number of aliphatic hydroxyl groups is 3. The number of cyclic esters (lactones) is 1. The van der Waals surface area contributed by atoms with E-state index in [9.17, 15) is 40.7 Å². The number of carbonyl (C=O) groups is 5. The maximum atomic E-state index is 14.6. The van der Waals surface area contributed by atoms with Crippen LogP contribution in [-0.2, 0) is 52.4 Å². The van der Waals surface area contributed by atoms with Gasteiger partial charge in [-0.25, -0.2) is 4.79 Å². The van der Waals surface area contributed by atoms with E-state index in [2.05, 4.69) is 0 Å². The smallest absolute Gasteiger partial charge is 0.329 e. The van der Waals surface area contributed by atoms with E-state index in [4.69, 9.17) is 36.6 Å². The summed E-state index contributed by atoms with van der Waals surface area (Å²) in [4.78, 5) is 73.4. The minimum Gasteiger partial charge on any atom is -0.460 e. The number of rotatable bonds is 9. The lowest BCUT2D eigenvalue weighted by Gasteiger charge is -2.42. The molecule has 3 fully saturated rings. The van der Waals surface area contributed by atoms with E-state index in [1.165, 1.54) is 21.0 Å². The first kappa shape index (κ1) is 48.8. The largest absolute Gasteiger partial charge is 0.460 e. The van der Waals surface area contributed by atoms with Crippen LogP contribution in [0.1, 0.15) is 142 Å². The van der Waals surface area contributed by atoms with E-state index >= 15 is 0 Å². The summed E-state index contributed by atoms with van der Waals surface area (Å²) in [5, 5.41) is 33.2. The first-order chi connectivity index (χ1) is 35.7. The van der Waals surface area contributed by atoms with Crippen molar-refractivity contribution in [3.8, 4) is 0 Å². The summed E-state index contributed by atoms with van der Waals surface area (Å²) in [6.07, 6.45) is 4.75. The van der Waals surface area contributed by atoms with Crippen LogP contribution in [-0.4, -0.2) is 145 Å². The molecular weight excluding hydrogens is 899 g/mol. The van der Waals surface area contributed by atoms with Crippen LogP contribution in [0.15, 0.2) is 47.6 Å². The molecule has 1 aliphatic carbocycles. The summed E-state index contributed by atoms with van der Waals surface area (Å²) < 4.78 is 93.9. The predicted octanol–water partition coefficient (Wildman–Crippen LogP) is 6.83. The number of fused-ring (bicyclic) bond motifs is 3. The van der Waals surface area contributed by atoms with Gasteiger partial charge in [0, 0.05) is 63.9 Å². The first-order valence-electron chi connectivity index (χ1n) is 28.6. The quantitative estimate of drug-likeness (QED) is 0.123. The summed E-state index contributed by atoms with van der Waals surface area (Å²) in [7, 11) is -0.109. The van der Waals surface area contributed by atoms with E-state index in [0.29, 0.717) is 44.1 Å². The second kappa shape index (κ2) is 27.0. The Labute approximate surface area is 427 Å². The van der Waals surface area contributed by atoms with E-state index in [1.807, 2.05) is 0 Å². The number of esters is 1. The van der Waals surface area contributed by atoms with Gasteiger partial charge in [0.15, 0.2) is 5.78 Å². The molecule has 4 rings (SSSR count). The van der Waals surface area contributed by atoms with Crippen molar-refractivity contribution in [2.75, 3.05) is 41.0 Å². The first-order valence-corrected chi connectivity index (χ1v) is 25.1. The Kier molecular flexibility index (Phi) is 18.9. The monoisotopic (exact) mass is 993 g/mol. The zero-order valence-electron chi connectivity index (χ0n) is 50.1. The molecule has 15 atom stereocenters. The number of hydrogen-bond acceptors (Lipinski definition) is 14.